The van der Waals surface area contributed by atoms with Gasteiger partial charge in [0.1, 0.15) is 17.1 Å². The van der Waals surface area contributed by atoms with Crippen molar-refractivity contribution in [2.24, 2.45) is 5.73 Å². The fraction of sp³-hybridized carbons (Fsp3) is 0.143. The number of hydrogen-bond acceptors (Lipinski definition) is 2. The van der Waals surface area contributed by atoms with E-state index in [0.29, 0.717) is 5.56 Å². The van der Waals surface area contributed by atoms with Gasteiger partial charge in [-0.05, 0) is 30.7 Å². The molecule has 0 unspecified atom stereocenters. The SMILES string of the molecule is C[C@H](c1cc(F)cc(F)c1)n1cc(Cl)cc(C(N)=O)c1=N. The van der Waals surface area contributed by atoms with Crippen molar-refractivity contribution in [2.75, 3.05) is 0 Å². The van der Waals surface area contributed by atoms with Crippen LogP contribution in [0.3, 0.4) is 0 Å². The summed E-state index contributed by atoms with van der Waals surface area (Å²) in [6.45, 7) is 1.63. The Balaban J connectivity index is 2.60. The first-order valence-electron chi connectivity index (χ1n) is 6.01. The number of nitrogens with one attached hydrogen (secondary N) is 1. The van der Waals surface area contributed by atoms with Crippen LogP contribution in [-0.2, 0) is 0 Å². The van der Waals surface area contributed by atoms with E-state index in [0.717, 1.165) is 18.2 Å². The fourth-order valence-corrected chi connectivity index (χ4v) is 2.26. The van der Waals surface area contributed by atoms with Gasteiger partial charge in [-0.15, -0.1) is 0 Å². The summed E-state index contributed by atoms with van der Waals surface area (Å²) in [4.78, 5) is 11.3. The van der Waals surface area contributed by atoms with Crippen molar-refractivity contribution in [3.63, 3.8) is 0 Å². The van der Waals surface area contributed by atoms with Crippen molar-refractivity contribution in [1.29, 1.82) is 5.41 Å². The number of rotatable bonds is 3. The summed E-state index contributed by atoms with van der Waals surface area (Å²) >= 11 is 5.90. The lowest BCUT2D eigenvalue weighted by Crippen LogP contribution is -2.31. The van der Waals surface area contributed by atoms with E-state index in [4.69, 9.17) is 22.7 Å². The molecule has 0 saturated heterocycles. The molecule has 110 valence electrons. The van der Waals surface area contributed by atoms with E-state index >= 15 is 0 Å². The van der Waals surface area contributed by atoms with E-state index in [2.05, 4.69) is 0 Å². The van der Waals surface area contributed by atoms with Crippen LogP contribution in [0.2, 0.25) is 5.02 Å². The van der Waals surface area contributed by atoms with Gasteiger partial charge in [-0.1, -0.05) is 11.6 Å². The van der Waals surface area contributed by atoms with Gasteiger partial charge in [0.05, 0.1) is 16.6 Å². The molecular weight excluding hydrogens is 300 g/mol. The number of amides is 1. The Morgan fingerprint density at radius 1 is 1.29 bits per heavy atom. The molecule has 0 aliphatic heterocycles. The first-order valence-corrected chi connectivity index (χ1v) is 6.39. The van der Waals surface area contributed by atoms with Crippen molar-refractivity contribution in [2.45, 2.75) is 13.0 Å². The Labute approximate surface area is 124 Å². The first kappa shape index (κ1) is 15.2. The maximum absolute atomic E-state index is 13.3. The normalized spacial score (nSPS) is 12.2. The molecule has 0 bridgehead atoms. The molecule has 0 radical (unpaired) electrons. The molecule has 4 nitrogen and oxygen atoms in total. The van der Waals surface area contributed by atoms with Gasteiger partial charge in [-0.2, -0.15) is 0 Å². The molecular formula is C14H12ClF2N3O. The molecule has 0 aliphatic rings. The second-order valence-electron chi connectivity index (χ2n) is 4.57. The van der Waals surface area contributed by atoms with Crippen LogP contribution >= 0.6 is 11.6 Å². The number of carbonyl (C=O) groups excluding carboxylic acids is 1. The van der Waals surface area contributed by atoms with Gasteiger partial charge >= 0.3 is 0 Å². The monoisotopic (exact) mass is 311 g/mol. The molecule has 7 heteroatoms. The number of primary amides is 1. The van der Waals surface area contributed by atoms with Gasteiger partial charge in [0, 0.05) is 12.3 Å². The highest BCUT2D eigenvalue weighted by Gasteiger charge is 2.15. The Kier molecular flexibility index (Phi) is 4.09. The third-order valence-corrected chi connectivity index (χ3v) is 3.31. The quantitative estimate of drug-likeness (QED) is 0.898. The molecule has 2 aromatic rings. The van der Waals surface area contributed by atoms with Crippen molar-refractivity contribution < 1.29 is 13.6 Å². The molecule has 2 rings (SSSR count). The van der Waals surface area contributed by atoms with E-state index in [9.17, 15) is 13.6 Å². The van der Waals surface area contributed by atoms with Crippen molar-refractivity contribution in [1.82, 2.24) is 4.57 Å². The molecule has 0 fully saturated rings. The van der Waals surface area contributed by atoms with Crippen LogP contribution in [0.5, 0.6) is 0 Å². The van der Waals surface area contributed by atoms with Gasteiger partial charge in [0.2, 0.25) is 0 Å². The highest BCUT2D eigenvalue weighted by Crippen LogP contribution is 2.20. The van der Waals surface area contributed by atoms with E-state index < -0.39 is 23.6 Å². The number of hydrogen-bond donors (Lipinski definition) is 2. The zero-order chi connectivity index (χ0) is 15.7. The van der Waals surface area contributed by atoms with Gasteiger partial charge in [-0.3, -0.25) is 10.2 Å². The predicted molar refractivity (Wildman–Crippen MR) is 74.0 cm³/mol. The van der Waals surface area contributed by atoms with Crippen LogP contribution in [0.25, 0.3) is 0 Å². The molecule has 1 amide bonds. The molecule has 1 aromatic heterocycles. The Hall–Kier alpha value is -2.21. The van der Waals surface area contributed by atoms with E-state index in [-0.39, 0.29) is 16.1 Å². The zero-order valence-corrected chi connectivity index (χ0v) is 11.8. The number of nitrogens with zero attached hydrogens (tertiary/aromatic N) is 1. The topological polar surface area (TPSA) is 71.9 Å². The minimum atomic E-state index is -0.797. The molecule has 0 spiro atoms. The second kappa shape index (κ2) is 5.65. The summed E-state index contributed by atoms with van der Waals surface area (Å²) in [5.74, 6) is -2.24. The number of halogens is 3. The summed E-state index contributed by atoms with van der Waals surface area (Å²) in [6, 6.07) is 3.76. The van der Waals surface area contributed by atoms with Crippen LogP contribution in [0.4, 0.5) is 8.78 Å². The molecule has 1 heterocycles. The van der Waals surface area contributed by atoms with Crippen LogP contribution in [0.15, 0.2) is 30.5 Å². The lowest BCUT2D eigenvalue weighted by molar-refractivity contribution is 0.0997. The van der Waals surface area contributed by atoms with Gasteiger partial charge in [-0.25, -0.2) is 8.78 Å². The highest BCUT2D eigenvalue weighted by molar-refractivity contribution is 6.30. The number of carbonyl (C=O) groups is 1. The standard InChI is InChI=1S/C14H12ClF2N3O/c1-7(8-2-10(16)5-11(17)3-8)20-6-9(15)4-12(13(20)18)14(19)21/h2-7,18H,1H3,(H2,19,21)/t7-/m1/s1. The number of aromatic nitrogens is 1. The molecule has 1 atom stereocenters. The van der Waals surface area contributed by atoms with Crippen LogP contribution < -0.4 is 11.2 Å². The molecule has 3 N–H and O–H groups in total. The molecule has 0 saturated carbocycles. The van der Waals surface area contributed by atoms with Gasteiger partial charge in [0.25, 0.3) is 5.91 Å². The summed E-state index contributed by atoms with van der Waals surface area (Å²) in [7, 11) is 0. The molecule has 0 aliphatic carbocycles. The summed E-state index contributed by atoms with van der Waals surface area (Å²) < 4.78 is 27.9. The molecule has 21 heavy (non-hydrogen) atoms. The third-order valence-electron chi connectivity index (χ3n) is 3.11. The lowest BCUT2D eigenvalue weighted by atomic mass is 10.1. The van der Waals surface area contributed by atoms with Crippen molar-refractivity contribution in [3.05, 3.63) is 63.7 Å². The fourth-order valence-electron chi connectivity index (χ4n) is 2.05. The smallest absolute Gasteiger partial charge is 0.252 e. The zero-order valence-electron chi connectivity index (χ0n) is 11.0. The average Bonchev–Trinajstić information content (AvgIpc) is 2.38. The van der Waals surface area contributed by atoms with Gasteiger partial charge in [0.15, 0.2) is 0 Å². The largest absolute Gasteiger partial charge is 0.365 e. The van der Waals surface area contributed by atoms with E-state index in [1.54, 1.807) is 6.92 Å². The summed E-state index contributed by atoms with van der Waals surface area (Å²) in [6.07, 6.45) is 1.41. The van der Waals surface area contributed by atoms with Crippen LogP contribution in [0.1, 0.15) is 28.9 Å². The minimum absolute atomic E-state index is 0.0637. The first-order chi connectivity index (χ1) is 9.79. The summed E-state index contributed by atoms with van der Waals surface area (Å²) in [5.41, 5.74) is 5.26. The maximum Gasteiger partial charge on any atom is 0.252 e. The predicted octanol–water partition coefficient (Wildman–Crippen LogP) is 2.61. The average molecular weight is 312 g/mol. The Morgan fingerprint density at radius 3 is 2.38 bits per heavy atom. The van der Waals surface area contributed by atoms with Gasteiger partial charge < -0.3 is 10.3 Å². The highest BCUT2D eigenvalue weighted by atomic mass is 35.5. The number of pyridine rings is 1. The lowest BCUT2D eigenvalue weighted by Gasteiger charge is -2.18. The minimum Gasteiger partial charge on any atom is -0.365 e. The van der Waals surface area contributed by atoms with Crippen molar-refractivity contribution in [3.8, 4) is 0 Å². The number of benzene rings is 1. The molecule has 1 aromatic carbocycles. The second-order valence-corrected chi connectivity index (χ2v) is 5.01. The number of nitrogens with two attached hydrogens (primary N) is 1. The summed E-state index contributed by atoms with van der Waals surface area (Å²) in [5, 5.41) is 8.17. The Morgan fingerprint density at radius 2 is 1.86 bits per heavy atom. The van der Waals surface area contributed by atoms with Crippen molar-refractivity contribution >= 4 is 17.5 Å². The third kappa shape index (κ3) is 3.11. The van der Waals surface area contributed by atoms with E-state index in [1.165, 1.54) is 16.8 Å². The van der Waals surface area contributed by atoms with Crippen LogP contribution in [-0.4, -0.2) is 10.5 Å². The Bertz CT molecular complexity index is 753. The maximum atomic E-state index is 13.3. The van der Waals surface area contributed by atoms with E-state index in [1.807, 2.05) is 0 Å². The van der Waals surface area contributed by atoms with Crippen LogP contribution in [0, 0.1) is 17.0 Å².